The molecule has 0 bridgehead atoms. The Kier molecular flexibility index (Phi) is 5.91. The summed E-state index contributed by atoms with van der Waals surface area (Å²) in [6.07, 6.45) is 13.3. The fourth-order valence-corrected chi connectivity index (χ4v) is 4.52. The number of carbonyl (C=O) groups is 1. The van der Waals surface area contributed by atoms with Gasteiger partial charge in [-0.1, -0.05) is 37.6 Å². The third-order valence-electron chi connectivity index (χ3n) is 6.38. The first-order chi connectivity index (χ1) is 11.2. The number of hydrogen-bond acceptors (Lipinski definition) is 1. The highest BCUT2D eigenvalue weighted by Crippen LogP contribution is 2.37. The molecule has 1 nitrogen and oxygen atoms in total. The lowest BCUT2D eigenvalue weighted by atomic mass is 9.77. The summed E-state index contributed by atoms with van der Waals surface area (Å²) >= 11 is 0. The van der Waals surface area contributed by atoms with Gasteiger partial charge in [-0.05, 0) is 80.2 Å². The van der Waals surface area contributed by atoms with Gasteiger partial charge in [-0.3, -0.25) is 4.79 Å². The molecule has 0 radical (unpaired) electrons. The molecule has 2 aliphatic carbocycles. The molecule has 0 heterocycles. The van der Waals surface area contributed by atoms with Crippen LogP contribution in [0, 0.1) is 11.8 Å². The molecule has 23 heavy (non-hydrogen) atoms. The van der Waals surface area contributed by atoms with Gasteiger partial charge in [-0.2, -0.15) is 0 Å². The summed E-state index contributed by atoms with van der Waals surface area (Å²) in [6.45, 7) is 2.34. The van der Waals surface area contributed by atoms with Crippen LogP contribution in [-0.2, 0) is 11.2 Å². The predicted octanol–water partition coefficient (Wildman–Crippen LogP) is 6.06. The minimum absolute atomic E-state index is 0.475. The van der Waals surface area contributed by atoms with Gasteiger partial charge in [0.05, 0.1) is 0 Å². The highest BCUT2D eigenvalue weighted by molar-refractivity contribution is 5.79. The van der Waals surface area contributed by atoms with Crippen LogP contribution in [0.1, 0.15) is 88.2 Å². The van der Waals surface area contributed by atoms with Crippen LogP contribution >= 0.6 is 0 Å². The third kappa shape index (κ3) is 4.68. The van der Waals surface area contributed by atoms with E-state index in [0.29, 0.717) is 5.78 Å². The van der Waals surface area contributed by atoms with Gasteiger partial charge in [0.25, 0.3) is 0 Å². The molecule has 0 atom stereocenters. The van der Waals surface area contributed by atoms with Crippen molar-refractivity contribution in [3.8, 4) is 0 Å². The van der Waals surface area contributed by atoms with Gasteiger partial charge in [0.2, 0.25) is 0 Å². The summed E-state index contributed by atoms with van der Waals surface area (Å²) in [4.78, 5) is 11.3. The van der Waals surface area contributed by atoms with Crippen LogP contribution < -0.4 is 0 Å². The first-order valence-electron chi connectivity index (χ1n) is 9.85. The van der Waals surface area contributed by atoms with E-state index in [1.807, 2.05) is 0 Å². The molecule has 0 aromatic heterocycles. The van der Waals surface area contributed by atoms with E-state index in [4.69, 9.17) is 0 Å². The summed E-state index contributed by atoms with van der Waals surface area (Å²) in [5, 5.41) is 0. The zero-order valence-electron chi connectivity index (χ0n) is 14.7. The largest absolute Gasteiger partial charge is 0.300 e. The Morgan fingerprint density at radius 1 is 0.870 bits per heavy atom. The highest BCUT2D eigenvalue weighted by atomic mass is 16.1. The van der Waals surface area contributed by atoms with Crippen LogP contribution in [0.15, 0.2) is 24.3 Å². The Balaban J connectivity index is 1.46. The van der Waals surface area contributed by atoms with Crippen LogP contribution in [0.4, 0.5) is 0 Å². The minimum Gasteiger partial charge on any atom is -0.300 e. The molecular weight excluding hydrogens is 280 g/mol. The van der Waals surface area contributed by atoms with Crippen LogP contribution in [-0.4, -0.2) is 5.78 Å². The van der Waals surface area contributed by atoms with Crippen molar-refractivity contribution in [1.82, 2.24) is 0 Å². The van der Waals surface area contributed by atoms with E-state index in [1.165, 1.54) is 50.5 Å². The molecular formula is C22H32O. The van der Waals surface area contributed by atoms with Crippen molar-refractivity contribution in [1.29, 1.82) is 0 Å². The maximum Gasteiger partial charge on any atom is 0.132 e. The second-order valence-corrected chi connectivity index (χ2v) is 7.89. The van der Waals surface area contributed by atoms with Crippen molar-refractivity contribution < 1.29 is 4.79 Å². The van der Waals surface area contributed by atoms with E-state index in [-0.39, 0.29) is 0 Å². The molecule has 0 saturated heterocycles. The Bertz CT molecular complexity index is 483. The average molecular weight is 312 g/mol. The Morgan fingerprint density at radius 2 is 1.52 bits per heavy atom. The van der Waals surface area contributed by atoms with Crippen molar-refractivity contribution in [2.45, 2.75) is 83.5 Å². The molecule has 2 aliphatic rings. The van der Waals surface area contributed by atoms with E-state index < -0.39 is 0 Å². The average Bonchev–Trinajstić information content (AvgIpc) is 2.62. The lowest BCUT2D eigenvalue weighted by Gasteiger charge is -2.28. The summed E-state index contributed by atoms with van der Waals surface area (Å²) in [5.41, 5.74) is 3.04. The summed E-state index contributed by atoms with van der Waals surface area (Å²) in [6, 6.07) is 9.48. The zero-order chi connectivity index (χ0) is 16.1. The zero-order valence-corrected chi connectivity index (χ0v) is 14.7. The second-order valence-electron chi connectivity index (χ2n) is 7.89. The molecule has 0 amide bonds. The summed E-state index contributed by atoms with van der Waals surface area (Å²) < 4.78 is 0. The quantitative estimate of drug-likeness (QED) is 0.645. The molecule has 1 heteroatoms. The van der Waals surface area contributed by atoms with Gasteiger partial charge in [0.15, 0.2) is 0 Å². The molecule has 126 valence electrons. The van der Waals surface area contributed by atoms with Gasteiger partial charge in [0.1, 0.15) is 5.78 Å². The number of rotatable bonds is 5. The Labute approximate surface area is 141 Å². The van der Waals surface area contributed by atoms with Crippen molar-refractivity contribution in [2.75, 3.05) is 0 Å². The van der Waals surface area contributed by atoms with Crippen molar-refractivity contribution in [2.24, 2.45) is 11.8 Å². The fraction of sp³-hybridized carbons (Fsp3) is 0.682. The van der Waals surface area contributed by atoms with Crippen LogP contribution in [0.25, 0.3) is 0 Å². The number of aryl methyl sites for hydroxylation is 1. The number of carbonyl (C=O) groups excluding carboxylic acids is 1. The summed E-state index contributed by atoms with van der Waals surface area (Å²) in [5.74, 6) is 3.03. The number of ketones is 1. The van der Waals surface area contributed by atoms with Crippen LogP contribution in [0.2, 0.25) is 0 Å². The first-order valence-corrected chi connectivity index (χ1v) is 9.85. The monoisotopic (exact) mass is 312 g/mol. The van der Waals surface area contributed by atoms with E-state index >= 15 is 0 Å². The molecule has 3 rings (SSSR count). The lowest BCUT2D eigenvalue weighted by Crippen LogP contribution is -2.14. The molecule has 1 aromatic carbocycles. The molecule has 1 aromatic rings. The van der Waals surface area contributed by atoms with Gasteiger partial charge >= 0.3 is 0 Å². The van der Waals surface area contributed by atoms with Crippen molar-refractivity contribution in [3.05, 3.63) is 35.4 Å². The van der Waals surface area contributed by atoms with Crippen LogP contribution in [0.3, 0.4) is 0 Å². The first kappa shape index (κ1) is 16.7. The van der Waals surface area contributed by atoms with E-state index in [2.05, 4.69) is 31.2 Å². The number of Topliss-reactive ketones (excluding diaryl/α,β-unsaturated/α-hetero) is 1. The molecule has 0 aliphatic heterocycles. The molecule has 0 unspecified atom stereocenters. The van der Waals surface area contributed by atoms with E-state index in [0.717, 1.165) is 43.4 Å². The summed E-state index contributed by atoms with van der Waals surface area (Å²) in [7, 11) is 0. The van der Waals surface area contributed by atoms with Gasteiger partial charge in [0, 0.05) is 12.8 Å². The highest BCUT2D eigenvalue weighted by Gasteiger charge is 2.21. The molecule has 0 N–H and O–H groups in total. The number of benzene rings is 1. The second kappa shape index (κ2) is 8.13. The van der Waals surface area contributed by atoms with Gasteiger partial charge < -0.3 is 0 Å². The van der Waals surface area contributed by atoms with E-state index in [1.54, 1.807) is 5.56 Å². The van der Waals surface area contributed by atoms with Gasteiger partial charge in [-0.25, -0.2) is 0 Å². The Morgan fingerprint density at radius 3 is 2.13 bits per heavy atom. The standard InChI is InChI=1S/C22H32O/c1-2-17-5-11-20(12-6-17)21-13-7-18(8-14-21)3-4-19-9-15-22(23)16-10-19/h7-8,13-14,17,19-20H,2-6,9-12,15-16H2,1H3. The third-order valence-corrected chi connectivity index (χ3v) is 6.38. The number of hydrogen-bond donors (Lipinski definition) is 0. The Hall–Kier alpha value is -1.11. The van der Waals surface area contributed by atoms with E-state index in [9.17, 15) is 4.79 Å². The smallest absolute Gasteiger partial charge is 0.132 e. The predicted molar refractivity (Wildman–Crippen MR) is 96.7 cm³/mol. The maximum atomic E-state index is 11.3. The van der Waals surface area contributed by atoms with Crippen LogP contribution in [0.5, 0.6) is 0 Å². The SMILES string of the molecule is CCC1CCC(c2ccc(CCC3CCC(=O)CC3)cc2)CC1. The lowest BCUT2D eigenvalue weighted by molar-refractivity contribution is -0.121. The molecule has 2 fully saturated rings. The fourth-order valence-electron chi connectivity index (χ4n) is 4.52. The minimum atomic E-state index is 0.475. The van der Waals surface area contributed by atoms with Crippen molar-refractivity contribution in [3.63, 3.8) is 0 Å². The maximum absolute atomic E-state index is 11.3. The molecule has 0 spiro atoms. The van der Waals surface area contributed by atoms with Crippen molar-refractivity contribution >= 4 is 5.78 Å². The van der Waals surface area contributed by atoms with Gasteiger partial charge in [-0.15, -0.1) is 0 Å². The normalized spacial score (nSPS) is 26.4. The molecule has 2 saturated carbocycles. The topological polar surface area (TPSA) is 17.1 Å².